The van der Waals surface area contributed by atoms with Gasteiger partial charge in [0.2, 0.25) is 0 Å². The van der Waals surface area contributed by atoms with Gasteiger partial charge in [-0.2, -0.15) is 0 Å². The molecule has 0 saturated heterocycles. The largest absolute Gasteiger partial charge is 0.0952 e. The maximum Gasteiger partial charge on any atom is -0.0230 e. The highest BCUT2D eigenvalue weighted by Gasteiger charge is 2.00. The average Bonchev–Trinajstić information content (AvgIpc) is 2.18. The van der Waals surface area contributed by atoms with Gasteiger partial charge in [0, 0.05) is 0 Å². The van der Waals surface area contributed by atoms with Gasteiger partial charge >= 0.3 is 0 Å². The van der Waals surface area contributed by atoms with Gasteiger partial charge in [0.1, 0.15) is 0 Å². The van der Waals surface area contributed by atoms with Crippen LogP contribution < -0.4 is 0 Å². The Balaban J connectivity index is 2.67. The first kappa shape index (κ1) is 12.0. The highest BCUT2D eigenvalue weighted by atomic mass is 14.1. The zero-order chi connectivity index (χ0) is 11.3. The van der Waals surface area contributed by atoms with E-state index in [0.29, 0.717) is 0 Å². The first-order chi connectivity index (χ1) is 7.13. The monoisotopic (exact) mass is 202 g/mol. The molecule has 0 N–H and O–H groups in total. The summed E-state index contributed by atoms with van der Waals surface area (Å²) in [6.45, 7) is 10.8. The van der Waals surface area contributed by atoms with Crippen molar-refractivity contribution in [2.24, 2.45) is 5.92 Å². The molecular weight excluding hydrogens is 180 g/mol. The van der Waals surface area contributed by atoms with Gasteiger partial charge in [-0.1, -0.05) is 58.0 Å². The highest BCUT2D eigenvalue weighted by molar-refractivity contribution is 5.63. The van der Waals surface area contributed by atoms with Crippen molar-refractivity contribution in [3.8, 4) is 0 Å². The summed E-state index contributed by atoms with van der Waals surface area (Å²) in [5.41, 5.74) is 3.98. The molecule has 0 atom stereocenters. The third kappa shape index (κ3) is 3.91. The molecule has 0 spiro atoms. The molecule has 0 radical (unpaired) electrons. The summed E-state index contributed by atoms with van der Waals surface area (Å²) >= 11 is 0. The summed E-state index contributed by atoms with van der Waals surface area (Å²) in [6.07, 6.45) is 3.44. The molecule has 0 aliphatic heterocycles. The van der Waals surface area contributed by atoms with E-state index < -0.39 is 0 Å². The van der Waals surface area contributed by atoms with E-state index in [1.807, 2.05) is 0 Å². The second kappa shape index (κ2) is 5.75. The first-order valence-electron chi connectivity index (χ1n) is 5.90. The number of hydrogen-bond donors (Lipinski definition) is 0. The molecule has 0 aliphatic rings. The molecule has 0 heterocycles. The van der Waals surface area contributed by atoms with Crippen molar-refractivity contribution in [3.05, 3.63) is 42.0 Å². The zero-order valence-corrected chi connectivity index (χ0v) is 10.2. The van der Waals surface area contributed by atoms with Crippen molar-refractivity contribution in [1.29, 1.82) is 0 Å². The molecule has 1 aromatic carbocycles. The van der Waals surface area contributed by atoms with Crippen molar-refractivity contribution >= 4 is 5.57 Å². The van der Waals surface area contributed by atoms with E-state index in [-0.39, 0.29) is 0 Å². The molecule has 1 rings (SSSR count). The molecular formula is C15H22. The molecule has 0 unspecified atom stereocenters. The Morgan fingerprint density at radius 1 is 1.20 bits per heavy atom. The number of allylic oxidation sites excluding steroid dienone is 1. The van der Waals surface area contributed by atoms with Crippen LogP contribution in [0.5, 0.6) is 0 Å². The van der Waals surface area contributed by atoms with E-state index in [2.05, 4.69) is 51.6 Å². The minimum Gasteiger partial charge on any atom is -0.0952 e. The van der Waals surface area contributed by atoms with Crippen molar-refractivity contribution in [2.75, 3.05) is 0 Å². The number of rotatable bonds is 5. The van der Waals surface area contributed by atoms with Crippen LogP contribution in [0.4, 0.5) is 0 Å². The van der Waals surface area contributed by atoms with Gasteiger partial charge in [-0.25, -0.2) is 0 Å². The van der Waals surface area contributed by atoms with Crippen LogP contribution in [-0.4, -0.2) is 0 Å². The summed E-state index contributed by atoms with van der Waals surface area (Å²) in [6, 6.07) is 8.87. The predicted molar refractivity (Wildman–Crippen MR) is 68.9 cm³/mol. The fourth-order valence-electron chi connectivity index (χ4n) is 1.79. The Kier molecular flexibility index (Phi) is 4.61. The Morgan fingerprint density at radius 2 is 1.80 bits per heavy atom. The lowest BCUT2D eigenvalue weighted by atomic mass is 9.98. The van der Waals surface area contributed by atoms with Crippen LogP contribution in [0.3, 0.4) is 0 Å². The van der Waals surface area contributed by atoms with Gasteiger partial charge in [-0.05, 0) is 35.5 Å². The molecule has 15 heavy (non-hydrogen) atoms. The van der Waals surface area contributed by atoms with E-state index >= 15 is 0 Å². The molecule has 0 fully saturated rings. The second-order valence-corrected chi connectivity index (χ2v) is 4.65. The van der Waals surface area contributed by atoms with E-state index in [4.69, 9.17) is 0 Å². The summed E-state index contributed by atoms with van der Waals surface area (Å²) in [5.74, 6) is 0.731. The van der Waals surface area contributed by atoms with E-state index in [0.717, 1.165) is 12.3 Å². The lowest BCUT2D eigenvalue weighted by Crippen LogP contribution is -1.94. The molecule has 0 bridgehead atoms. The van der Waals surface area contributed by atoms with Crippen LogP contribution in [0.1, 0.15) is 44.7 Å². The summed E-state index contributed by atoms with van der Waals surface area (Å²) in [7, 11) is 0. The van der Waals surface area contributed by atoms with Gasteiger partial charge in [-0.3, -0.25) is 0 Å². The molecule has 0 nitrogen and oxygen atoms in total. The van der Waals surface area contributed by atoms with Gasteiger partial charge in [0.05, 0.1) is 0 Å². The molecule has 0 amide bonds. The third-order valence-electron chi connectivity index (χ3n) is 2.56. The van der Waals surface area contributed by atoms with Gasteiger partial charge in [-0.15, -0.1) is 0 Å². The lowest BCUT2D eigenvalue weighted by molar-refractivity contribution is 0.647. The highest BCUT2D eigenvalue weighted by Crippen LogP contribution is 2.19. The second-order valence-electron chi connectivity index (χ2n) is 4.65. The summed E-state index contributed by atoms with van der Waals surface area (Å²) in [4.78, 5) is 0. The molecule has 0 aliphatic carbocycles. The fourth-order valence-corrected chi connectivity index (χ4v) is 1.79. The van der Waals surface area contributed by atoms with Crippen molar-refractivity contribution in [3.63, 3.8) is 0 Å². The van der Waals surface area contributed by atoms with Crippen LogP contribution in [0, 0.1) is 5.92 Å². The molecule has 0 aromatic heterocycles. The Labute approximate surface area is 94.0 Å². The average molecular weight is 202 g/mol. The Hall–Kier alpha value is -1.04. The van der Waals surface area contributed by atoms with Gasteiger partial charge in [0.15, 0.2) is 0 Å². The van der Waals surface area contributed by atoms with Crippen LogP contribution in [0.2, 0.25) is 0 Å². The van der Waals surface area contributed by atoms with Crippen molar-refractivity contribution in [2.45, 2.75) is 40.0 Å². The Morgan fingerprint density at radius 3 is 2.27 bits per heavy atom. The minimum absolute atomic E-state index is 0.731. The van der Waals surface area contributed by atoms with Gasteiger partial charge in [0.25, 0.3) is 0 Å². The topological polar surface area (TPSA) is 0 Å². The quantitative estimate of drug-likeness (QED) is 0.649. The molecule has 0 saturated carbocycles. The normalized spacial score (nSPS) is 10.7. The molecule has 82 valence electrons. The van der Waals surface area contributed by atoms with Crippen LogP contribution in [-0.2, 0) is 6.42 Å². The standard InChI is InChI=1S/C15H22/c1-5-6-13(4)15-9-7-14(8-10-15)11-12(2)3/h7-10,12H,4-6,11H2,1-3H3. The van der Waals surface area contributed by atoms with E-state index in [1.54, 1.807) is 0 Å². The van der Waals surface area contributed by atoms with Crippen molar-refractivity contribution < 1.29 is 0 Å². The first-order valence-corrected chi connectivity index (χ1v) is 5.90. The lowest BCUT2D eigenvalue weighted by Gasteiger charge is -2.07. The van der Waals surface area contributed by atoms with E-state index in [1.165, 1.54) is 29.5 Å². The maximum absolute atomic E-state index is 4.11. The van der Waals surface area contributed by atoms with Crippen LogP contribution >= 0.6 is 0 Å². The summed E-state index contributed by atoms with van der Waals surface area (Å²) < 4.78 is 0. The number of hydrogen-bond acceptors (Lipinski definition) is 0. The van der Waals surface area contributed by atoms with Crippen LogP contribution in [0.25, 0.3) is 5.57 Å². The third-order valence-corrected chi connectivity index (χ3v) is 2.56. The fraction of sp³-hybridized carbons (Fsp3) is 0.467. The van der Waals surface area contributed by atoms with Crippen molar-refractivity contribution in [1.82, 2.24) is 0 Å². The van der Waals surface area contributed by atoms with E-state index in [9.17, 15) is 0 Å². The number of benzene rings is 1. The minimum atomic E-state index is 0.731. The van der Waals surface area contributed by atoms with Gasteiger partial charge < -0.3 is 0 Å². The SMILES string of the molecule is C=C(CCC)c1ccc(CC(C)C)cc1. The Bertz CT molecular complexity index is 303. The van der Waals surface area contributed by atoms with Crippen LogP contribution in [0.15, 0.2) is 30.8 Å². The molecule has 1 aromatic rings. The smallest absolute Gasteiger partial charge is 0.0230 e. The zero-order valence-electron chi connectivity index (χ0n) is 10.2. The predicted octanol–water partition coefficient (Wildman–Crippen LogP) is 4.70. The summed E-state index contributed by atoms with van der Waals surface area (Å²) in [5, 5.41) is 0. The molecule has 0 heteroatoms. The maximum atomic E-state index is 4.11.